The van der Waals surface area contributed by atoms with Gasteiger partial charge in [0.1, 0.15) is 5.82 Å². The molecule has 3 nitrogen and oxygen atoms in total. The maximum atomic E-state index is 13.7. The van der Waals surface area contributed by atoms with E-state index in [0.29, 0.717) is 29.5 Å². The normalized spacial score (nSPS) is 21.8. The largest absolute Gasteiger partial charge is 0.339 e. The number of likely N-dealkylation sites (tertiary alicyclic amines) is 1. The molecule has 1 aromatic rings. The first-order valence-electron chi connectivity index (χ1n) is 7.02. The van der Waals surface area contributed by atoms with E-state index in [2.05, 4.69) is 22.9 Å². The number of nitrogens with zero attached hydrogens (tertiary/aromatic N) is 1. The lowest BCUT2D eigenvalue weighted by Crippen LogP contribution is -2.35. The Bertz CT molecular complexity index is 514. The molecule has 1 aliphatic rings. The Morgan fingerprint density at radius 1 is 1.57 bits per heavy atom. The molecule has 2 unspecified atom stereocenters. The second-order valence-electron chi connectivity index (χ2n) is 5.46. The number of nitrogens with two attached hydrogens (primary N) is 1. The molecule has 2 N–H and O–H groups in total. The fourth-order valence-corrected chi connectivity index (χ4v) is 3.86. The van der Waals surface area contributed by atoms with Crippen molar-refractivity contribution >= 4 is 33.6 Å². The number of amides is 1. The number of halogens is 2. The summed E-state index contributed by atoms with van der Waals surface area (Å²) in [6, 6.07) is 5.28. The predicted octanol–water partition coefficient (Wildman–Crippen LogP) is 3.02. The Kier molecular flexibility index (Phi) is 6.08. The van der Waals surface area contributed by atoms with Crippen molar-refractivity contribution in [3.05, 3.63) is 34.1 Å². The minimum absolute atomic E-state index is 0.126. The highest BCUT2D eigenvalue weighted by atomic mass is 79.9. The molecule has 1 fully saturated rings. The second-order valence-corrected chi connectivity index (χ2v) is 7.36. The van der Waals surface area contributed by atoms with Gasteiger partial charge in [-0.15, -0.1) is 11.8 Å². The van der Waals surface area contributed by atoms with Crippen LogP contribution in [0.25, 0.3) is 0 Å². The van der Waals surface area contributed by atoms with Crippen LogP contribution in [0.4, 0.5) is 4.39 Å². The maximum Gasteiger partial charge on any atom is 0.232 e. The molecule has 1 aliphatic heterocycles. The Morgan fingerprint density at radius 3 is 2.95 bits per heavy atom. The van der Waals surface area contributed by atoms with E-state index in [-0.39, 0.29) is 17.8 Å². The van der Waals surface area contributed by atoms with E-state index in [4.69, 9.17) is 5.73 Å². The lowest BCUT2D eigenvalue weighted by atomic mass is 10.1. The van der Waals surface area contributed by atoms with E-state index in [1.54, 1.807) is 6.07 Å². The number of carbonyl (C=O) groups is 1. The van der Waals surface area contributed by atoms with E-state index in [1.165, 1.54) is 17.8 Å². The zero-order valence-electron chi connectivity index (χ0n) is 12.0. The van der Waals surface area contributed by atoms with Gasteiger partial charge in [-0.2, -0.15) is 0 Å². The van der Waals surface area contributed by atoms with Crippen LogP contribution < -0.4 is 5.73 Å². The number of thioether (sulfide) groups is 1. The molecule has 0 aliphatic carbocycles. The van der Waals surface area contributed by atoms with Crippen molar-refractivity contribution in [2.24, 2.45) is 11.7 Å². The first-order valence-corrected chi connectivity index (χ1v) is 8.97. The van der Waals surface area contributed by atoms with E-state index >= 15 is 0 Å². The zero-order valence-corrected chi connectivity index (χ0v) is 14.4. The topological polar surface area (TPSA) is 46.3 Å². The Labute approximate surface area is 137 Å². The van der Waals surface area contributed by atoms with Crippen LogP contribution in [0.5, 0.6) is 0 Å². The summed E-state index contributed by atoms with van der Waals surface area (Å²) in [6.45, 7) is 3.45. The van der Waals surface area contributed by atoms with Gasteiger partial charge in [-0.25, -0.2) is 4.39 Å². The second kappa shape index (κ2) is 7.61. The van der Waals surface area contributed by atoms with Crippen LogP contribution in [0.1, 0.15) is 18.9 Å². The van der Waals surface area contributed by atoms with Gasteiger partial charge in [0.15, 0.2) is 0 Å². The average molecular weight is 375 g/mol. The van der Waals surface area contributed by atoms with Gasteiger partial charge in [-0.1, -0.05) is 22.0 Å². The lowest BCUT2D eigenvalue weighted by molar-refractivity contribution is -0.128. The first-order chi connectivity index (χ1) is 10.0. The van der Waals surface area contributed by atoms with Crippen LogP contribution in [0.2, 0.25) is 0 Å². The van der Waals surface area contributed by atoms with Crippen molar-refractivity contribution < 1.29 is 9.18 Å². The van der Waals surface area contributed by atoms with Gasteiger partial charge in [0, 0.05) is 22.8 Å². The van der Waals surface area contributed by atoms with Gasteiger partial charge >= 0.3 is 0 Å². The molecule has 0 spiro atoms. The minimum Gasteiger partial charge on any atom is -0.339 e. The molecule has 2 rings (SSSR count). The van der Waals surface area contributed by atoms with Crippen molar-refractivity contribution in [3.63, 3.8) is 0 Å². The molecule has 6 heteroatoms. The van der Waals surface area contributed by atoms with E-state index < -0.39 is 0 Å². The molecule has 1 heterocycles. The summed E-state index contributed by atoms with van der Waals surface area (Å²) in [4.78, 5) is 14.1. The predicted molar refractivity (Wildman–Crippen MR) is 88.6 cm³/mol. The molecule has 1 saturated heterocycles. The van der Waals surface area contributed by atoms with Crippen molar-refractivity contribution in [3.8, 4) is 0 Å². The van der Waals surface area contributed by atoms with E-state index in [9.17, 15) is 9.18 Å². The van der Waals surface area contributed by atoms with Crippen LogP contribution in [0.15, 0.2) is 22.7 Å². The van der Waals surface area contributed by atoms with E-state index in [1.807, 2.05) is 11.0 Å². The molecular weight excluding hydrogens is 355 g/mol. The Hall–Kier alpha value is -0.590. The quantitative estimate of drug-likeness (QED) is 0.861. The summed E-state index contributed by atoms with van der Waals surface area (Å²) < 4.78 is 14.4. The SMILES string of the molecule is CC1CC(CN)CN1C(=O)CSCc1ccc(Br)cc1F. The fourth-order valence-electron chi connectivity index (χ4n) is 2.63. The van der Waals surface area contributed by atoms with Gasteiger partial charge in [0.05, 0.1) is 5.75 Å². The van der Waals surface area contributed by atoms with Crippen molar-refractivity contribution in [1.82, 2.24) is 4.90 Å². The minimum atomic E-state index is -0.234. The summed E-state index contributed by atoms with van der Waals surface area (Å²) in [5.41, 5.74) is 6.30. The number of benzene rings is 1. The van der Waals surface area contributed by atoms with Crippen molar-refractivity contribution in [2.75, 3.05) is 18.8 Å². The Balaban J connectivity index is 1.82. The standard InChI is InChI=1S/C15H20BrFN2OS/c1-10-4-11(6-18)7-19(10)15(20)9-21-8-12-2-3-13(16)5-14(12)17/h2-3,5,10-11H,4,6-9,18H2,1H3. The van der Waals surface area contributed by atoms with Gasteiger partial charge in [0.25, 0.3) is 0 Å². The molecule has 0 bridgehead atoms. The molecule has 1 aromatic carbocycles. The summed E-state index contributed by atoms with van der Waals surface area (Å²) in [6.07, 6.45) is 0.980. The monoisotopic (exact) mass is 374 g/mol. The van der Waals surface area contributed by atoms with Gasteiger partial charge < -0.3 is 10.6 Å². The number of hydrogen-bond donors (Lipinski definition) is 1. The Morgan fingerprint density at radius 2 is 2.33 bits per heavy atom. The molecule has 1 amide bonds. The summed E-state index contributed by atoms with van der Waals surface area (Å²) in [7, 11) is 0. The van der Waals surface area contributed by atoms with Crippen LogP contribution >= 0.6 is 27.7 Å². The number of hydrogen-bond acceptors (Lipinski definition) is 3. The van der Waals surface area contributed by atoms with Crippen LogP contribution in [-0.2, 0) is 10.5 Å². The van der Waals surface area contributed by atoms with Crippen LogP contribution in [-0.4, -0.2) is 35.7 Å². The average Bonchev–Trinajstić information content (AvgIpc) is 2.82. The number of carbonyl (C=O) groups excluding carboxylic acids is 1. The summed E-state index contributed by atoms with van der Waals surface area (Å²) >= 11 is 4.69. The molecule has 0 saturated carbocycles. The van der Waals surface area contributed by atoms with Crippen LogP contribution in [0.3, 0.4) is 0 Å². The van der Waals surface area contributed by atoms with Crippen molar-refractivity contribution in [1.29, 1.82) is 0 Å². The maximum absolute atomic E-state index is 13.7. The highest BCUT2D eigenvalue weighted by Gasteiger charge is 2.31. The summed E-state index contributed by atoms with van der Waals surface area (Å²) in [5, 5.41) is 0. The highest BCUT2D eigenvalue weighted by Crippen LogP contribution is 2.24. The highest BCUT2D eigenvalue weighted by molar-refractivity contribution is 9.10. The van der Waals surface area contributed by atoms with E-state index in [0.717, 1.165) is 17.4 Å². The third kappa shape index (κ3) is 4.44. The fraction of sp³-hybridized carbons (Fsp3) is 0.533. The molecule has 0 radical (unpaired) electrons. The zero-order chi connectivity index (χ0) is 15.4. The molecule has 0 aromatic heterocycles. The van der Waals surface area contributed by atoms with Crippen LogP contribution in [0, 0.1) is 11.7 Å². The molecular formula is C15H20BrFN2OS. The first kappa shape index (κ1) is 16.8. The van der Waals surface area contributed by atoms with Gasteiger partial charge in [-0.3, -0.25) is 4.79 Å². The van der Waals surface area contributed by atoms with Gasteiger partial charge in [-0.05, 0) is 43.5 Å². The third-order valence-corrected chi connectivity index (χ3v) is 5.27. The summed E-state index contributed by atoms with van der Waals surface area (Å²) in [5.74, 6) is 1.20. The molecule has 116 valence electrons. The number of rotatable bonds is 5. The van der Waals surface area contributed by atoms with Gasteiger partial charge in [0.2, 0.25) is 5.91 Å². The smallest absolute Gasteiger partial charge is 0.232 e. The third-order valence-electron chi connectivity index (χ3n) is 3.81. The van der Waals surface area contributed by atoms with Crippen molar-refractivity contribution in [2.45, 2.75) is 25.1 Å². The molecule has 21 heavy (non-hydrogen) atoms. The molecule has 2 atom stereocenters. The lowest BCUT2D eigenvalue weighted by Gasteiger charge is -2.21.